The number of hydrogen-bond donors (Lipinski definition) is 2. The molecule has 1 heterocycles. The van der Waals surface area contributed by atoms with Crippen molar-refractivity contribution in [3.8, 4) is 0 Å². The Kier molecular flexibility index (Phi) is 4.48. The Morgan fingerprint density at radius 3 is 2.32 bits per heavy atom. The van der Waals surface area contributed by atoms with E-state index in [0.29, 0.717) is 13.1 Å². The van der Waals surface area contributed by atoms with Crippen LogP contribution in [0.15, 0.2) is 30.3 Å². The molecule has 0 aromatic heterocycles. The van der Waals surface area contributed by atoms with Crippen LogP contribution in [-0.4, -0.2) is 47.8 Å². The van der Waals surface area contributed by atoms with E-state index < -0.39 is 11.8 Å². The molecule has 2 amide bonds. The van der Waals surface area contributed by atoms with Gasteiger partial charge in [-0.25, -0.2) is 5.84 Å². The summed E-state index contributed by atoms with van der Waals surface area (Å²) in [4.78, 5) is 26.5. The van der Waals surface area contributed by atoms with E-state index in [9.17, 15) is 9.59 Å². The Balaban J connectivity index is 1.83. The highest BCUT2D eigenvalue weighted by atomic mass is 16.2. The van der Waals surface area contributed by atoms with E-state index in [4.69, 9.17) is 5.84 Å². The van der Waals surface area contributed by atoms with E-state index in [2.05, 4.69) is 17.0 Å². The normalized spacial score (nSPS) is 16.2. The van der Waals surface area contributed by atoms with Crippen LogP contribution in [0.1, 0.15) is 5.56 Å². The van der Waals surface area contributed by atoms with Gasteiger partial charge in [0, 0.05) is 32.7 Å². The van der Waals surface area contributed by atoms with Gasteiger partial charge in [-0.3, -0.25) is 19.9 Å². The minimum absolute atomic E-state index is 0.554. The third kappa shape index (κ3) is 3.52. The number of hydrazine groups is 1. The minimum Gasteiger partial charge on any atom is -0.332 e. The monoisotopic (exact) mass is 262 g/mol. The van der Waals surface area contributed by atoms with E-state index in [0.717, 1.165) is 19.6 Å². The topological polar surface area (TPSA) is 78.7 Å². The van der Waals surface area contributed by atoms with Crippen molar-refractivity contribution in [3.05, 3.63) is 35.9 Å². The van der Waals surface area contributed by atoms with E-state index in [1.807, 2.05) is 23.6 Å². The molecule has 1 saturated heterocycles. The smallest absolute Gasteiger partial charge is 0.323 e. The zero-order chi connectivity index (χ0) is 13.7. The van der Waals surface area contributed by atoms with Gasteiger partial charge in [-0.05, 0) is 5.56 Å². The van der Waals surface area contributed by atoms with Crippen LogP contribution in [0.5, 0.6) is 0 Å². The maximum Gasteiger partial charge on any atom is 0.323 e. The summed E-state index contributed by atoms with van der Waals surface area (Å²) in [5, 5.41) is 0. The molecule has 2 rings (SSSR count). The SMILES string of the molecule is NNC(=O)C(=O)N1CCN(Cc2ccccc2)CC1. The number of piperazine rings is 1. The fourth-order valence-electron chi connectivity index (χ4n) is 2.16. The molecule has 6 heteroatoms. The van der Waals surface area contributed by atoms with Crippen LogP contribution in [0.2, 0.25) is 0 Å². The number of nitrogens with one attached hydrogen (secondary N) is 1. The molecule has 0 bridgehead atoms. The van der Waals surface area contributed by atoms with Gasteiger partial charge >= 0.3 is 11.8 Å². The van der Waals surface area contributed by atoms with Crippen molar-refractivity contribution in [2.45, 2.75) is 6.54 Å². The lowest BCUT2D eigenvalue weighted by Gasteiger charge is -2.34. The maximum absolute atomic E-state index is 11.6. The number of hydrogen-bond acceptors (Lipinski definition) is 4. The Labute approximate surface area is 112 Å². The first-order chi connectivity index (χ1) is 9.20. The summed E-state index contributed by atoms with van der Waals surface area (Å²) in [6.07, 6.45) is 0. The Morgan fingerprint density at radius 1 is 1.11 bits per heavy atom. The van der Waals surface area contributed by atoms with Gasteiger partial charge < -0.3 is 4.90 Å². The van der Waals surface area contributed by atoms with E-state index in [1.54, 1.807) is 0 Å². The molecule has 0 radical (unpaired) electrons. The Bertz CT molecular complexity index is 441. The largest absolute Gasteiger partial charge is 0.332 e. The molecular formula is C13H18N4O2. The number of nitrogens with two attached hydrogens (primary N) is 1. The second kappa shape index (κ2) is 6.31. The van der Waals surface area contributed by atoms with Gasteiger partial charge in [-0.15, -0.1) is 0 Å². The molecule has 1 fully saturated rings. The Hall–Kier alpha value is -1.92. The van der Waals surface area contributed by atoms with Gasteiger partial charge in [0.1, 0.15) is 0 Å². The molecular weight excluding hydrogens is 244 g/mol. The lowest BCUT2D eigenvalue weighted by Crippen LogP contribution is -2.53. The third-order valence-corrected chi connectivity index (χ3v) is 3.23. The molecule has 1 aliphatic heterocycles. The summed E-state index contributed by atoms with van der Waals surface area (Å²) in [5.41, 5.74) is 3.12. The second-order valence-corrected chi connectivity index (χ2v) is 4.53. The highest BCUT2D eigenvalue weighted by Gasteiger charge is 2.25. The molecule has 1 aliphatic rings. The van der Waals surface area contributed by atoms with Crippen LogP contribution in [0.25, 0.3) is 0 Å². The molecule has 6 nitrogen and oxygen atoms in total. The molecule has 0 aliphatic carbocycles. The van der Waals surface area contributed by atoms with Crippen LogP contribution < -0.4 is 11.3 Å². The fourth-order valence-corrected chi connectivity index (χ4v) is 2.16. The minimum atomic E-state index is -0.753. The highest BCUT2D eigenvalue weighted by Crippen LogP contribution is 2.08. The summed E-state index contributed by atoms with van der Waals surface area (Å²) in [7, 11) is 0. The number of amides is 2. The predicted octanol–water partition coefficient (Wildman–Crippen LogP) is -0.679. The first kappa shape index (κ1) is 13.5. The molecule has 0 saturated carbocycles. The average molecular weight is 262 g/mol. The lowest BCUT2D eigenvalue weighted by atomic mass is 10.2. The maximum atomic E-state index is 11.6. The van der Waals surface area contributed by atoms with Gasteiger partial charge in [0.15, 0.2) is 0 Å². The third-order valence-electron chi connectivity index (χ3n) is 3.23. The van der Waals surface area contributed by atoms with E-state index in [1.165, 1.54) is 10.5 Å². The fraction of sp³-hybridized carbons (Fsp3) is 0.385. The number of rotatable bonds is 2. The average Bonchev–Trinajstić information content (AvgIpc) is 2.47. The first-order valence-corrected chi connectivity index (χ1v) is 6.27. The quantitative estimate of drug-likeness (QED) is 0.320. The molecule has 1 aromatic carbocycles. The molecule has 0 spiro atoms. The van der Waals surface area contributed by atoms with Crippen LogP contribution in [0, 0.1) is 0 Å². The summed E-state index contributed by atoms with van der Waals surface area (Å²) >= 11 is 0. The summed E-state index contributed by atoms with van der Waals surface area (Å²) < 4.78 is 0. The first-order valence-electron chi connectivity index (χ1n) is 6.27. The highest BCUT2D eigenvalue weighted by molar-refractivity contribution is 6.34. The van der Waals surface area contributed by atoms with Gasteiger partial charge in [-0.1, -0.05) is 30.3 Å². The van der Waals surface area contributed by atoms with Crippen LogP contribution in [0.4, 0.5) is 0 Å². The van der Waals surface area contributed by atoms with E-state index >= 15 is 0 Å². The predicted molar refractivity (Wildman–Crippen MR) is 70.6 cm³/mol. The van der Waals surface area contributed by atoms with Crippen molar-refractivity contribution in [1.82, 2.24) is 15.2 Å². The van der Waals surface area contributed by atoms with Crippen molar-refractivity contribution in [2.75, 3.05) is 26.2 Å². The summed E-state index contributed by atoms with van der Waals surface area (Å²) in [5.74, 6) is 3.64. The van der Waals surface area contributed by atoms with Gasteiger partial charge in [0.2, 0.25) is 0 Å². The zero-order valence-corrected chi connectivity index (χ0v) is 10.7. The van der Waals surface area contributed by atoms with Crippen molar-refractivity contribution in [1.29, 1.82) is 0 Å². The summed E-state index contributed by atoms with van der Waals surface area (Å²) in [6, 6.07) is 10.2. The van der Waals surface area contributed by atoms with E-state index in [-0.39, 0.29) is 0 Å². The molecule has 3 N–H and O–H groups in total. The van der Waals surface area contributed by atoms with Gasteiger partial charge in [0.25, 0.3) is 0 Å². The number of benzene rings is 1. The number of nitrogens with zero attached hydrogens (tertiary/aromatic N) is 2. The van der Waals surface area contributed by atoms with Crippen LogP contribution in [0.3, 0.4) is 0 Å². The van der Waals surface area contributed by atoms with Crippen molar-refractivity contribution in [2.24, 2.45) is 5.84 Å². The molecule has 1 aromatic rings. The number of carbonyl (C=O) groups excluding carboxylic acids is 2. The molecule has 0 atom stereocenters. The van der Waals surface area contributed by atoms with Crippen LogP contribution >= 0.6 is 0 Å². The zero-order valence-electron chi connectivity index (χ0n) is 10.7. The lowest BCUT2D eigenvalue weighted by molar-refractivity contribution is -0.147. The second-order valence-electron chi connectivity index (χ2n) is 4.53. The van der Waals surface area contributed by atoms with Crippen LogP contribution in [-0.2, 0) is 16.1 Å². The molecule has 0 unspecified atom stereocenters. The van der Waals surface area contributed by atoms with Crippen molar-refractivity contribution in [3.63, 3.8) is 0 Å². The van der Waals surface area contributed by atoms with Crippen molar-refractivity contribution < 1.29 is 9.59 Å². The van der Waals surface area contributed by atoms with Gasteiger partial charge in [-0.2, -0.15) is 0 Å². The standard InChI is InChI=1S/C13H18N4O2/c14-15-12(18)13(19)17-8-6-16(7-9-17)10-11-4-2-1-3-5-11/h1-5H,6-10,14H2,(H,15,18). The number of carbonyl (C=O) groups is 2. The molecule has 102 valence electrons. The van der Waals surface area contributed by atoms with Gasteiger partial charge in [0.05, 0.1) is 0 Å². The summed E-state index contributed by atoms with van der Waals surface area (Å²) in [6.45, 7) is 3.50. The van der Waals surface area contributed by atoms with Crippen molar-refractivity contribution >= 4 is 11.8 Å². The molecule has 19 heavy (non-hydrogen) atoms. The Morgan fingerprint density at radius 2 is 1.74 bits per heavy atom.